The zero-order valence-electron chi connectivity index (χ0n) is 10.4. The molecule has 19 heavy (non-hydrogen) atoms. The Morgan fingerprint density at radius 3 is 3.00 bits per heavy atom. The van der Waals surface area contributed by atoms with Gasteiger partial charge in [0.1, 0.15) is 10.3 Å². The van der Waals surface area contributed by atoms with Crippen molar-refractivity contribution in [3.8, 4) is 10.7 Å². The van der Waals surface area contributed by atoms with Crippen LogP contribution in [0.1, 0.15) is 19.0 Å². The van der Waals surface area contributed by atoms with Gasteiger partial charge in [0.15, 0.2) is 0 Å². The molecule has 0 aliphatic rings. The molecular formula is C13H14N2O2S2. The van der Waals surface area contributed by atoms with Crippen LogP contribution in [0.25, 0.3) is 10.7 Å². The Bertz CT molecular complexity index is 543. The van der Waals surface area contributed by atoms with E-state index in [1.807, 2.05) is 30.5 Å². The SMILES string of the molecule is CCC(SCc1csc(-c2ccccn2)n1)C(=O)O. The van der Waals surface area contributed by atoms with E-state index in [0.717, 1.165) is 16.4 Å². The van der Waals surface area contributed by atoms with Gasteiger partial charge in [0, 0.05) is 17.3 Å². The van der Waals surface area contributed by atoms with Gasteiger partial charge in [0.2, 0.25) is 0 Å². The Morgan fingerprint density at radius 2 is 2.37 bits per heavy atom. The molecule has 0 aromatic carbocycles. The molecule has 2 heterocycles. The summed E-state index contributed by atoms with van der Waals surface area (Å²) >= 11 is 2.95. The molecule has 100 valence electrons. The normalized spacial score (nSPS) is 12.3. The monoisotopic (exact) mass is 294 g/mol. The minimum absolute atomic E-state index is 0.361. The molecule has 1 unspecified atom stereocenters. The Labute approximate surface area is 119 Å². The van der Waals surface area contributed by atoms with Gasteiger partial charge in [-0.1, -0.05) is 13.0 Å². The molecule has 0 amide bonds. The number of nitrogens with zero attached hydrogens (tertiary/aromatic N) is 2. The van der Waals surface area contributed by atoms with Crippen molar-refractivity contribution in [2.45, 2.75) is 24.3 Å². The molecule has 0 saturated carbocycles. The van der Waals surface area contributed by atoms with Crippen molar-refractivity contribution in [2.75, 3.05) is 0 Å². The van der Waals surface area contributed by atoms with E-state index < -0.39 is 5.97 Å². The summed E-state index contributed by atoms with van der Waals surface area (Å²) in [6, 6.07) is 5.71. The Hall–Kier alpha value is -1.40. The predicted octanol–water partition coefficient (Wildman–Crippen LogP) is 3.30. The van der Waals surface area contributed by atoms with Crippen LogP contribution in [0.15, 0.2) is 29.8 Å². The molecule has 0 radical (unpaired) electrons. The first-order chi connectivity index (χ1) is 9.20. The van der Waals surface area contributed by atoms with Crippen LogP contribution in [0, 0.1) is 0 Å². The van der Waals surface area contributed by atoms with Crippen molar-refractivity contribution in [3.05, 3.63) is 35.5 Å². The largest absolute Gasteiger partial charge is 0.480 e. The molecule has 0 bridgehead atoms. The quantitative estimate of drug-likeness (QED) is 0.885. The van der Waals surface area contributed by atoms with E-state index >= 15 is 0 Å². The van der Waals surface area contributed by atoms with Gasteiger partial charge in [-0.15, -0.1) is 23.1 Å². The molecule has 0 aliphatic carbocycles. The molecule has 6 heteroatoms. The van der Waals surface area contributed by atoms with E-state index in [1.54, 1.807) is 6.20 Å². The lowest BCUT2D eigenvalue weighted by atomic mass is 10.3. The Morgan fingerprint density at radius 1 is 1.53 bits per heavy atom. The summed E-state index contributed by atoms with van der Waals surface area (Å²) < 4.78 is 0. The van der Waals surface area contributed by atoms with E-state index in [4.69, 9.17) is 5.11 Å². The van der Waals surface area contributed by atoms with Gasteiger partial charge in [0.25, 0.3) is 0 Å². The summed E-state index contributed by atoms with van der Waals surface area (Å²) in [5.74, 6) is -0.138. The van der Waals surface area contributed by atoms with Gasteiger partial charge in [-0.3, -0.25) is 9.78 Å². The second-order valence-corrected chi connectivity index (χ2v) is 5.95. The van der Waals surface area contributed by atoms with Crippen molar-refractivity contribution in [1.29, 1.82) is 0 Å². The molecule has 2 rings (SSSR count). The van der Waals surface area contributed by atoms with Gasteiger partial charge in [-0.2, -0.15) is 0 Å². The number of carbonyl (C=O) groups is 1. The second-order valence-electron chi connectivity index (χ2n) is 3.91. The average molecular weight is 294 g/mol. The summed E-state index contributed by atoms with van der Waals surface area (Å²) in [7, 11) is 0. The first-order valence-electron chi connectivity index (χ1n) is 5.91. The third-order valence-corrected chi connectivity index (χ3v) is 4.83. The topological polar surface area (TPSA) is 63.1 Å². The maximum Gasteiger partial charge on any atom is 0.316 e. The van der Waals surface area contributed by atoms with Crippen molar-refractivity contribution >= 4 is 29.1 Å². The minimum atomic E-state index is -0.757. The lowest BCUT2D eigenvalue weighted by Crippen LogP contribution is -2.15. The number of hydrogen-bond acceptors (Lipinski definition) is 5. The van der Waals surface area contributed by atoms with E-state index in [0.29, 0.717) is 12.2 Å². The minimum Gasteiger partial charge on any atom is -0.480 e. The van der Waals surface area contributed by atoms with E-state index in [2.05, 4.69) is 9.97 Å². The number of thioether (sulfide) groups is 1. The van der Waals surface area contributed by atoms with Crippen LogP contribution in [0.4, 0.5) is 0 Å². The first-order valence-corrected chi connectivity index (χ1v) is 7.83. The molecule has 2 aromatic rings. The van der Waals surface area contributed by atoms with Crippen LogP contribution in [0.5, 0.6) is 0 Å². The molecule has 4 nitrogen and oxygen atoms in total. The highest BCUT2D eigenvalue weighted by Gasteiger charge is 2.16. The maximum absolute atomic E-state index is 10.9. The van der Waals surface area contributed by atoms with Crippen LogP contribution in [-0.2, 0) is 10.5 Å². The summed E-state index contributed by atoms with van der Waals surface area (Å²) in [6.45, 7) is 1.88. The number of aromatic nitrogens is 2. The highest BCUT2D eigenvalue weighted by Crippen LogP contribution is 2.25. The van der Waals surface area contributed by atoms with Crippen molar-refractivity contribution < 1.29 is 9.90 Å². The standard InChI is InChI=1S/C13H14N2O2S2/c1-2-11(13(16)17)18-7-9-8-19-12(15-9)10-5-3-4-6-14-10/h3-6,8,11H,2,7H2,1H3,(H,16,17). The number of carboxylic acids is 1. The van der Waals surface area contributed by atoms with Crippen LogP contribution in [0.2, 0.25) is 0 Å². The van der Waals surface area contributed by atoms with Crippen molar-refractivity contribution in [2.24, 2.45) is 0 Å². The number of pyridine rings is 1. The zero-order valence-corrected chi connectivity index (χ0v) is 12.1. The molecule has 0 saturated heterocycles. The smallest absolute Gasteiger partial charge is 0.316 e. The number of hydrogen-bond donors (Lipinski definition) is 1. The second kappa shape index (κ2) is 6.68. The summed E-state index contributed by atoms with van der Waals surface area (Å²) in [6.07, 6.45) is 2.36. The zero-order chi connectivity index (χ0) is 13.7. The average Bonchev–Trinajstić information content (AvgIpc) is 2.89. The number of aliphatic carboxylic acids is 1. The van der Waals surface area contributed by atoms with E-state index in [9.17, 15) is 4.79 Å². The lowest BCUT2D eigenvalue weighted by molar-refractivity contribution is -0.136. The van der Waals surface area contributed by atoms with Gasteiger partial charge < -0.3 is 5.11 Å². The molecule has 0 aliphatic heterocycles. The molecule has 2 aromatic heterocycles. The third kappa shape index (κ3) is 3.78. The predicted molar refractivity (Wildman–Crippen MR) is 78.4 cm³/mol. The Balaban J connectivity index is 2.00. The Kier molecular flexibility index (Phi) is 4.93. The molecule has 0 fully saturated rings. The van der Waals surface area contributed by atoms with Gasteiger partial charge in [-0.25, -0.2) is 4.98 Å². The molecule has 1 atom stereocenters. The van der Waals surface area contributed by atoms with Gasteiger partial charge in [-0.05, 0) is 18.6 Å². The van der Waals surface area contributed by atoms with Crippen molar-refractivity contribution in [1.82, 2.24) is 9.97 Å². The van der Waals surface area contributed by atoms with Crippen LogP contribution < -0.4 is 0 Å². The summed E-state index contributed by atoms with van der Waals surface area (Å²) in [5, 5.41) is 11.5. The van der Waals surface area contributed by atoms with Crippen LogP contribution in [-0.4, -0.2) is 26.3 Å². The highest BCUT2D eigenvalue weighted by atomic mass is 32.2. The number of thiazole rings is 1. The van der Waals surface area contributed by atoms with E-state index in [-0.39, 0.29) is 5.25 Å². The molecule has 1 N–H and O–H groups in total. The fourth-order valence-corrected chi connectivity index (χ4v) is 3.33. The summed E-state index contributed by atoms with van der Waals surface area (Å²) in [5.41, 5.74) is 1.77. The fourth-order valence-electron chi connectivity index (χ4n) is 1.53. The first kappa shape index (κ1) is 14.0. The summed E-state index contributed by atoms with van der Waals surface area (Å²) in [4.78, 5) is 19.7. The third-order valence-electron chi connectivity index (χ3n) is 2.51. The molecular weight excluding hydrogens is 280 g/mol. The maximum atomic E-state index is 10.9. The number of rotatable bonds is 6. The van der Waals surface area contributed by atoms with Crippen LogP contribution >= 0.6 is 23.1 Å². The highest BCUT2D eigenvalue weighted by molar-refractivity contribution is 7.99. The van der Waals surface area contributed by atoms with Crippen molar-refractivity contribution in [3.63, 3.8) is 0 Å². The van der Waals surface area contributed by atoms with E-state index in [1.165, 1.54) is 23.1 Å². The van der Waals surface area contributed by atoms with Crippen LogP contribution in [0.3, 0.4) is 0 Å². The van der Waals surface area contributed by atoms with Gasteiger partial charge >= 0.3 is 5.97 Å². The van der Waals surface area contributed by atoms with Gasteiger partial charge in [0.05, 0.1) is 11.4 Å². The number of carboxylic acid groups (broad SMARTS) is 1. The lowest BCUT2D eigenvalue weighted by Gasteiger charge is -2.07. The fraction of sp³-hybridized carbons (Fsp3) is 0.308. The molecule has 0 spiro atoms.